The first-order valence-electron chi connectivity index (χ1n) is 6.05. The Morgan fingerprint density at radius 2 is 2.06 bits per heavy atom. The number of benzene rings is 1. The van der Waals surface area contributed by atoms with Crippen LogP contribution in [0, 0.1) is 5.82 Å². The number of aromatic nitrogens is 2. The van der Waals surface area contributed by atoms with E-state index in [9.17, 15) is 4.39 Å². The van der Waals surface area contributed by atoms with E-state index in [0.29, 0.717) is 12.1 Å². The fourth-order valence-corrected chi connectivity index (χ4v) is 1.89. The second-order valence-corrected chi connectivity index (χ2v) is 4.08. The molecule has 0 aliphatic rings. The van der Waals surface area contributed by atoms with Crippen LogP contribution in [0.4, 0.5) is 4.39 Å². The zero-order valence-electron chi connectivity index (χ0n) is 10.3. The minimum absolute atomic E-state index is 0.00629. The highest BCUT2D eigenvalue weighted by molar-refractivity contribution is 5.21. The Morgan fingerprint density at radius 1 is 1.22 bits per heavy atom. The van der Waals surface area contributed by atoms with Crippen molar-refractivity contribution in [1.29, 1.82) is 0 Å². The van der Waals surface area contributed by atoms with Crippen LogP contribution in [-0.4, -0.2) is 10.2 Å². The summed E-state index contributed by atoms with van der Waals surface area (Å²) in [7, 11) is 0. The third-order valence-electron chi connectivity index (χ3n) is 2.85. The van der Waals surface area contributed by atoms with Gasteiger partial charge in [0, 0.05) is 24.3 Å². The first kappa shape index (κ1) is 12.6. The molecule has 0 fully saturated rings. The number of hydrogen-bond acceptors (Lipinski definition) is 3. The normalized spacial score (nSPS) is 12.3. The summed E-state index contributed by atoms with van der Waals surface area (Å²) in [5.74, 6) is -0.170. The molecule has 1 aromatic carbocycles. The van der Waals surface area contributed by atoms with Crippen LogP contribution in [0.2, 0.25) is 0 Å². The molecule has 2 aromatic rings. The van der Waals surface area contributed by atoms with E-state index in [1.54, 1.807) is 12.3 Å². The molecule has 2 rings (SSSR count). The van der Waals surface area contributed by atoms with Gasteiger partial charge < -0.3 is 5.32 Å². The molecule has 1 unspecified atom stereocenters. The van der Waals surface area contributed by atoms with Gasteiger partial charge in [-0.15, -0.1) is 0 Å². The molecule has 0 saturated carbocycles. The molecule has 94 valence electrons. The number of nitrogens with one attached hydrogen (secondary N) is 1. The monoisotopic (exact) mass is 245 g/mol. The summed E-state index contributed by atoms with van der Waals surface area (Å²) in [4.78, 5) is 0. The Bertz CT molecular complexity index is 487. The Kier molecular flexibility index (Phi) is 4.36. The molecule has 1 N–H and O–H groups in total. The lowest BCUT2D eigenvalue weighted by Crippen LogP contribution is -2.21. The molecule has 18 heavy (non-hydrogen) atoms. The smallest absolute Gasteiger partial charge is 0.127 e. The van der Waals surface area contributed by atoms with Crippen molar-refractivity contribution in [2.24, 2.45) is 0 Å². The maximum absolute atomic E-state index is 13.7. The predicted octanol–water partition coefficient (Wildman–Crippen LogP) is 2.86. The largest absolute Gasteiger partial charge is 0.304 e. The van der Waals surface area contributed by atoms with Crippen LogP contribution >= 0.6 is 0 Å². The van der Waals surface area contributed by atoms with E-state index in [2.05, 4.69) is 15.5 Å². The molecule has 0 saturated heterocycles. The lowest BCUT2D eigenvalue weighted by atomic mass is 10.0. The van der Waals surface area contributed by atoms with Crippen LogP contribution in [-0.2, 0) is 6.54 Å². The predicted molar refractivity (Wildman–Crippen MR) is 68.3 cm³/mol. The van der Waals surface area contributed by atoms with Crippen molar-refractivity contribution in [3.05, 3.63) is 59.7 Å². The van der Waals surface area contributed by atoms with E-state index < -0.39 is 0 Å². The Morgan fingerprint density at radius 3 is 2.72 bits per heavy atom. The SMILES string of the molecule is CCC(NCc1cccnn1)c1ccccc1F. The van der Waals surface area contributed by atoms with Crippen LogP contribution in [0.1, 0.15) is 30.6 Å². The highest BCUT2D eigenvalue weighted by atomic mass is 19.1. The molecule has 0 radical (unpaired) electrons. The molecule has 0 spiro atoms. The topological polar surface area (TPSA) is 37.8 Å². The molecule has 1 heterocycles. The quantitative estimate of drug-likeness (QED) is 0.880. The van der Waals surface area contributed by atoms with Gasteiger partial charge >= 0.3 is 0 Å². The minimum Gasteiger partial charge on any atom is -0.304 e. The van der Waals surface area contributed by atoms with Gasteiger partial charge in [0.2, 0.25) is 0 Å². The fourth-order valence-electron chi connectivity index (χ4n) is 1.89. The molecule has 3 nitrogen and oxygen atoms in total. The minimum atomic E-state index is -0.170. The second kappa shape index (κ2) is 6.21. The van der Waals surface area contributed by atoms with Crippen molar-refractivity contribution in [2.75, 3.05) is 0 Å². The Hall–Kier alpha value is -1.81. The van der Waals surface area contributed by atoms with E-state index >= 15 is 0 Å². The van der Waals surface area contributed by atoms with Crippen LogP contribution in [0.3, 0.4) is 0 Å². The Balaban J connectivity index is 2.04. The maximum atomic E-state index is 13.7. The van der Waals surface area contributed by atoms with Crippen molar-refractivity contribution in [3.8, 4) is 0 Å². The molecular formula is C14H16FN3. The highest BCUT2D eigenvalue weighted by Gasteiger charge is 2.12. The van der Waals surface area contributed by atoms with Crippen molar-refractivity contribution >= 4 is 0 Å². The molecule has 0 bridgehead atoms. The van der Waals surface area contributed by atoms with Crippen LogP contribution in [0.5, 0.6) is 0 Å². The number of nitrogens with zero attached hydrogens (tertiary/aromatic N) is 2. The highest BCUT2D eigenvalue weighted by Crippen LogP contribution is 2.19. The molecule has 0 aliphatic carbocycles. The number of halogens is 1. The number of hydrogen-bond donors (Lipinski definition) is 1. The van der Waals surface area contributed by atoms with Crippen molar-refractivity contribution in [2.45, 2.75) is 25.9 Å². The summed E-state index contributed by atoms with van der Waals surface area (Å²) >= 11 is 0. The standard InChI is InChI=1S/C14H16FN3/c1-2-14(12-7-3-4-8-13(12)15)16-10-11-6-5-9-17-18-11/h3-9,14,16H,2,10H2,1H3. The zero-order chi connectivity index (χ0) is 12.8. The molecule has 0 aliphatic heterocycles. The molecular weight excluding hydrogens is 229 g/mol. The third-order valence-corrected chi connectivity index (χ3v) is 2.85. The van der Waals surface area contributed by atoms with Gasteiger partial charge in [-0.1, -0.05) is 25.1 Å². The van der Waals surface area contributed by atoms with Crippen molar-refractivity contribution in [3.63, 3.8) is 0 Å². The number of rotatable bonds is 5. The first-order valence-corrected chi connectivity index (χ1v) is 6.05. The average molecular weight is 245 g/mol. The summed E-state index contributed by atoms with van der Waals surface area (Å²) in [6.45, 7) is 2.61. The molecule has 4 heteroatoms. The first-order chi connectivity index (χ1) is 8.81. The van der Waals surface area contributed by atoms with Crippen molar-refractivity contribution < 1.29 is 4.39 Å². The summed E-state index contributed by atoms with van der Waals surface area (Å²) in [5, 5.41) is 11.1. The van der Waals surface area contributed by atoms with Gasteiger partial charge in [-0.3, -0.25) is 0 Å². The Labute approximate surface area is 106 Å². The lowest BCUT2D eigenvalue weighted by molar-refractivity contribution is 0.483. The maximum Gasteiger partial charge on any atom is 0.127 e. The van der Waals surface area contributed by atoms with E-state index in [1.165, 1.54) is 6.07 Å². The zero-order valence-corrected chi connectivity index (χ0v) is 10.3. The second-order valence-electron chi connectivity index (χ2n) is 4.08. The average Bonchev–Trinajstić information content (AvgIpc) is 2.42. The van der Waals surface area contributed by atoms with Gasteiger partial charge in [-0.05, 0) is 24.6 Å². The summed E-state index contributed by atoms with van der Waals surface area (Å²) < 4.78 is 13.7. The van der Waals surface area contributed by atoms with E-state index in [-0.39, 0.29) is 11.9 Å². The van der Waals surface area contributed by atoms with Gasteiger partial charge in [-0.2, -0.15) is 10.2 Å². The summed E-state index contributed by atoms with van der Waals surface area (Å²) in [5.41, 5.74) is 1.55. The van der Waals surface area contributed by atoms with Crippen molar-refractivity contribution in [1.82, 2.24) is 15.5 Å². The lowest BCUT2D eigenvalue weighted by Gasteiger charge is -2.17. The molecule has 1 atom stereocenters. The van der Waals surface area contributed by atoms with Crippen LogP contribution < -0.4 is 5.32 Å². The summed E-state index contributed by atoms with van der Waals surface area (Å²) in [6.07, 6.45) is 2.46. The van der Waals surface area contributed by atoms with E-state index in [1.807, 2.05) is 31.2 Å². The van der Waals surface area contributed by atoms with Gasteiger partial charge in [0.05, 0.1) is 5.69 Å². The summed E-state index contributed by atoms with van der Waals surface area (Å²) in [6, 6.07) is 10.6. The van der Waals surface area contributed by atoms with Crippen LogP contribution in [0.15, 0.2) is 42.6 Å². The third kappa shape index (κ3) is 3.11. The van der Waals surface area contributed by atoms with Crippen LogP contribution in [0.25, 0.3) is 0 Å². The molecule has 1 aromatic heterocycles. The van der Waals surface area contributed by atoms with Gasteiger partial charge in [-0.25, -0.2) is 4.39 Å². The fraction of sp³-hybridized carbons (Fsp3) is 0.286. The van der Waals surface area contributed by atoms with Gasteiger partial charge in [0.1, 0.15) is 5.82 Å². The molecule has 0 amide bonds. The van der Waals surface area contributed by atoms with Gasteiger partial charge in [0.25, 0.3) is 0 Å². The van der Waals surface area contributed by atoms with Gasteiger partial charge in [0.15, 0.2) is 0 Å². The van der Waals surface area contributed by atoms with E-state index in [0.717, 1.165) is 12.1 Å². The van der Waals surface area contributed by atoms with E-state index in [4.69, 9.17) is 0 Å².